The predicted octanol–water partition coefficient (Wildman–Crippen LogP) is 0.762. The number of fused-ring (bicyclic) bond motifs is 1. The molecule has 1 amide bonds. The second kappa shape index (κ2) is 5.03. The zero-order valence-corrected chi connectivity index (χ0v) is 10.8. The summed E-state index contributed by atoms with van der Waals surface area (Å²) < 4.78 is 10.9. The van der Waals surface area contributed by atoms with Gasteiger partial charge in [-0.15, -0.1) is 0 Å². The van der Waals surface area contributed by atoms with Crippen LogP contribution < -0.4 is 14.8 Å². The Kier molecular flexibility index (Phi) is 3.22. The van der Waals surface area contributed by atoms with Crippen molar-refractivity contribution in [2.45, 2.75) is 12.3 Å². The first kappa shape index (κ1) is 12.8. The zero-order chi connectivity index (χ0) is 14.1. The molecule has 2 aliphatic rings. The Morgan fingerprint density at radius 1 is 1.25 bits per heavy atom. The van der Waals surface area contributed by atoms with Crippen LogP contribution in [0.25, 0.3) is 0 Å². The van der Waals surface area contributed by atoms with Crippen LogP contribution in [0.2, 0.25) is 0 Å². The lowest BCUT2D eigenvalue weighted by atomic mass is 9.80. The number of piperidine rings is 1. The molecule has 20 heavy (non-hydrogen) atoms. The van der Waals surface area contributed by atoms with E-state index in [1.807, 2.05) is 6.07 Å². The van der Waals surface area contributed by atoms with Crippen LogP contribution in [0.3, 0.4) is 0 Å². The highest BCUT2D eigenvalue weighted by atomic mass is 16.6. The molecule has 2 N–H and O–H groups in total. The van der Waals surface area contributed by atoms with Gasteiger partial charge in [-0.3, -0.25) is 9.59 Å². The number of benzene rings is 1. The van der Waals surface area contributed by atoms with Gasteiger partial charge in [-0.2, -0.15) is 0 Å². The summed E-state index contributed by atoms with van der Waals surface area (Å²) in [5, 5.41) is 11.9. The summed E-state index contributed by atoms with van der Waals surface area (Å²) >= 11 is 0. The molecule has 6 nitrogen and oxygen atoms in total. The molecule has 106 valence electrons. The first-order valence-electron chi connectivity index (χ1n) is 6.57. The third-order valence-corrected chi connectivity index (χ3v) is 3.70. The molecule has 0 spiro atoms. The van der Waals surface area contributed by atoms with Crippen LogP contribution in [0.5, 0.6) is 11.5 Å². The molecule has 0 radical (unpaired) electrons. The average molecular weight is 277 g/mol. The molecule has 0 saturated carbocycles. The number of carboxylic acid groups (broad SMARTS) is 1. The fraction of sp³-hybridized carbons (Fsp3) is 0.429. The van der Waals surface area contributed by atoms with Gasteiger partial charge in [-0.05, 0) is 24.1 Å². The molecule has 2 unspecified atom stereocenters. The standard InChI is InChI=1S/C14H15NO5/c16-13-12(14(17)18)9(3-4-15-13)8-1-2-10-11(7-8)20-6-5-19-10/h1-2,7,9,12H,3-6H2,(H,15,16)(H,17,18). The molecule has 1 fully saturated rings. The quantitative estimate of drug-likeness (QED) is 0.780. The topological polar surface area (TPSA) is 84.9 Å². The van der Waals surface area contributed by atoms with Crippen molar-refractivity contribution < 1.29 is 24.2 Å². The molecule has 1 saturated heterocycles. The Bertz CT molecular complexity index is 556. The van der Waals surface area contributed by atoms with E-state index in [1.54, 1.807) is 12.1 Å². The van der Waals surface area contributed by atoms with Crippen molar-refractivity contribution in [1.29, 1.82) is 0 Å². The van der Waals surface area contributed by atoms with Gasteiger partial charge in [0.1, 0.15) is 19.1 Å². The summed E-state index contributed by atoms with van der Waals surface area (Å²) in [6.45, 7) is 1.47. The Labute approximate surface area is 115 Å². The number of nitrogens with one attached hydrogen (secondary N) is 1. The Hall–Kier alpha value is -2.24. The molecule has 1 aromatic carbocycles. The van der Waals surface area contributed by atoms with Gasteiger partial charge < -0.3 is 19.9 Å². The van der Waals surface area contributed by atoms with Gasteiger partial charge >= 0.3 is 5.97 Å². The molecular formula is C14H15NO5. The van der Waals surface area contributed by atoms with Gasteiger partial charge in [-0.1, -0.05) is 6.07 Å². The van der Waals surface area contributed by atoms with Crippen LogP contribution in [0.4, 0.5) is 0 Å². The Morgan fingerprint density at radius 3 is 2.75 bits per heavy atom. The highest BCUT2D eigenvalue weighted by Crippen LogP contribution is 2.37. The number of hydrogen-bond donors (Lipinski definition) is 2. The van der Waals surface area contributed by atoms with Crippen molar-refractivity contribution in [2.75, 3.05) is 19.8 Å². The van der Waals surface area contributed by atoms with E-state index >= 15 is 0 Å². The number of amides is 1. The molecule has 0 bridgehead atoms. The van der Waals surface area contributed by atoms with Gasteiger partial charge in [-0.25, -0.2) is 0 Å². The van der Waals surface area contributed by atoms with E-state index in [2.05, 4.69) is 5.32 Å². The smallest absolute Gasteiger partial charge is 0.316 e. The highest BCUT2D eigenvalue weighted by Gasteiger charge is 2.38. The van der Waals surface area contributed by atoms with Gasteiger partial charge in [0.2, 0.25) is 5.91 Å². The maximum atomic E-state index is 11.8. The Morgan fingerprint density at radius 2 is 2.00 bits per heavy atom. The van der Waals surface area contributed by atoms with E-state index in [9.17, 15) is 14.7 Å². The number of carboxylic acids is 1. The Balaban J connectivity index is 1.94. The molecule has 1 aromatic rings. The van der Waals surface area contributed by atoms with Crippen molar-refractivity contribution >= 4 is 11.9 Å². The second-order valence-corrected chi connectivity index (χ2v) is 4.91. The van der Waals surface area contributed by atoms with Crippen molar-refractivity contribution in [1.82, 2.24) is 5.32 Å². The molecule has 2 atom stereocenters. The summed E-state index contributed by atoms with van der Waals surface area (Å²) in [5.41, 5.74) is 0.802. The van der Waals surface area contributed by atoms with Crippen LogP contribution in [-0.4, -0.2) is 36.7 Å². The number of hydrogen-bond acceptors (Lipinski definition) is 4. The number of carbonyl (C=O) groups is 2. The minimum atomic E-state index is -1.10. The number of ether oxygens (including phenoxy) is 2. The lowest BCUT2D eigenvalue weighted by Gasteiger charge is -2.29. The normalized spacial score (nSPS) is 24.9. The average Bonchev–Trinajstić information content (AvgIpc) is 2.46. The van der Waals surface area contributed by atoms with E-state index in [-0.39, 0.29) is 5.92 Å². The number of aliphatic carboxylic acids is 1. The second-order valence-electron chi connectivity index (χ2n) is 4.91. The van der Waals surface area contributed by atoms with E-state index in [4.69, 9.17) is 9.47 Å². The van der Waals surface area contributed by atoms with Gasteiger partial charge in [0.15, 0.2) is 11.5 Å². The van der Waals surface area contributed by atoms with E-state index in [0.29, 0.717) is 37.7 Å². The molecule has 3 rings (SSSR count). The molecule has 0 aliphatic carbocycles. The first-order chi connectivity index (χ1) is 9.66. The minimum absolute atomic E-state index is 0.336. The third-order valence-electron chi connectivity index (χ3n) is 3.70. The fourth-order valence-electron chi connectivity index (χ4n) is 2.74. The van der Waals surface area contributed by atoms with Crippen molar-refractivity contribution in [3.8, 4) is 11.5 Å². The van der Waals surface area contributed by atoms with Crippen LogP contribution in [0.1, 0.15) is 17.9 Å². The van der Waals surface area contributed by atoms with Crippen LogP contribution in [0, 0.1) is 5.92 Å². The van der Waals surface area contributed by atoms with E-state index in [0.717, 1.165) is 5.56 Å². The van der Waals surface area contributed by atoms with Gasteiger partial charge in [0.25, 0.3) is 0 Å². The van der Waals surface area contributed by atoms with E-state index in [1.165, 1.54) is 0 Å². The maximum Gasteiger partial charge on any atom is 0.316 e. The molecule has 6 heteroatoms. The zero-order valence-electron chi connectivity index (χ0n) is 10.8. The van der Waals surface area contributed by atoms with Crippen LogP contribution in [0.15, 0.2) is 18.2 Å². The third kappa shape index (κ3) is 2.17. The summed E-state index contributed by atoms with van der Waals surface area (Å²) in [5.74, 6) is -1.63. The van der Waals surface area contributed by atoms with Gasteiger partial charge in [0.05, 0.1) is 0 Å². The molecule has 2 heterocycles. The van der Waals surface area contributed by atoms with Crippen molar-refractivity contribution in [3.05, 3.63) is 23.8 Å². The lowest BCUT2D eigenvalue weighted by molar-refractivity contribution is -0.149. The fourth-order valence-corrected chi connectivity index (χ4v) is 2.74. The largest absolute Gasteiger partial charge is 0.486 e. The summed E-state index contributed by atoms with van der Waals surface area (Å²) in [6, 6.07) is 5.37. The first-order valence-corrected chi connectivity index (χ1v) is 6.57. The van der Waals surface area contributed by atoms with Gasteiger partial charge in [0, 0.05) is 12.5 Å². The highest BCUT2D eigenvalue weighted by molar-refractivity contribution is 5.98. The van der Waals surface area contributed by atoms with Crippen molar-refractivity contribution in [3.63, 3.8) is 0 Å². The molecule has 0 aromatic heterocycles. The number of rotatable bonds is 2. The maximum absolute atomic E-state index is 11.8. The summed E-state index contributed by atoms with van der Waals surface area (Å²) in [7, 11) is 0. The SMILES string of the molecule is O=C(O)C1C(=O)NCCC1c1ccc2c(c1)OCCO2. The monoisotopic (exact) mass is 277 g/mol. The minimum Gasteiger partial charge on any atom is -0.486 e. The van der Waals surface area contributed by atoms with E-state index < -0.39 is 17.8 Å². The van der Waals surface area contributed by atoms with Crippen LogP contribution in [-0.2, 0) is 9.59 Å². The molecule has 2 aliphatic heterocycles. The summed E-state index contributed by atoms with van der Waals surface area (Å²) in [6.07, 6.45) is 0.600. The lowest BCUT2D eigenvalue weighted by Crippen LogP contribution is -2.44. The number of carbonyl (C=O) groups excluding carboxylic acids is 1. The summed E-state index contributed by atoms with van der Waals surface area (Å²) in [4.78, 5) is 23.1. The predicted molar refractivity (Wildman–Crippen MR) is 68.9 cm³/mol. The van der Waals surface area contributed by atoms with Crippen molar-refractivity contribution in [2.24, 2.45) is 5.92 Å². The molecular weight excluding hydrogens is 262 g/mol. The van der Waals surface area contributed by atoms with Crippen LogP contribution >= 0.6 is 0 Å².